The van der Waals surface area contributed by atoms with Gasteiger partial charge in [0.2, 0.25) is 10.0 Å². The number of aliphatic hydroxyl groups excluding tert-OH is 1. The first kappa shape index (κ1) is 11.9. The summed E-state index contributed by atoms with van der Waals surface area (Å²) < 4.78 is 45.5. The summed E-state index contributed by atoms with van der Waals surface area (Å²) in [5, 5.41) is 8.22. The van der Waals surface area contributed by atoms with Crippen molar-refractivity contribution in [2.75, 3.05) is 24.4 Å². The zero-order chi connectivity index (χ0) is 11.0. The number of β-amino-alcohol motifs (C(OH)–C–C–N with tert-alkyl or cyclic N) is 1. The third kappa shape index (κ3) is 3.19. The number of hydrogen-bond donors (Lipinski definition) is 1. The molecule has 0 aliphatic carbocycles. The summed E-state index contributed by atoms with van der Waals surface area (Å²) in [5.41, 5.74) is 0. The molecule has 1 fully saturated rings. The highest BCUT2D eigenvalue weighted by molar-refractivity contribution is 8.06. The molecule has 0 aromatic carbocycles. The second-order valence-electron chi connectivity index (χ2n) is 3.46. The Kier molecular flexibility index (Phi) is 3.20. The third-order valence-electron chi connectivity index (χ3n) is 1.88. The summed E-state index contributed by atoms with van der Waals surface area (Å²) in [5.74, 6) is 0. The van der Waals surface area contributed by atoms with Crippen LogP contribution in [0.25, 0.3) is 0 Å². The first-order valence-electron chi connectivity index (χ1n) is 4.04. The molecule has 0 spiro atoms. The zero-order valence-electron chi connectivity index (χ0n) is 7.75. The molecule has 1 unspecified atom stereocenters. The maximum absolute atomic E-state index is 11.4. The average molecular weight is 243 g/mol. The largest absolute Gasteiger partial charge is 0.392 e. The van der Waals surface area contributed by atoms with Crippen molar-refractivity contribution in [3.63, 3.8) is 0 Å². The van der Waals surface area contributed by atoms with Gasteiger partial charge in [0.05, 0.1) is 6.10 Å². The molecule has 1 rings (SSSR count). The molecule has 0 bridgehead atoms. The van der Waals surface area contributed by atoms with Crippen molar-refractivity contribution in [3.8, 4) is 0 Å². The SMILES string of the molecule is CS(=O)(=O)CS(=O)(=O)N1CCC(O)C1. The van der Waals surface area contributed by atoms with Crippen molar-refractivity contribution >= 4 is 19.9 Å². The fourth-order valence-electron chi connectivity index (χ4n) is 1.31. The predicted octanol–water partition coefficient (Wildman–Crippen LogP) is -1.62. The Hall–Kier alpha value is -0.180. The Morgan fingerprint density at radius 1 is 1.36 bits per heavy atom. The molecular weight excluding hydrogens is 230 g/mol. The third-order valence-corrected chi connectivity index (χ3v) is 5.90. The molecule has 1 atom stereocenters. The molecule has 0 aromatic rings. The molecule has 0 amide bonds. The van der Waals surface area contributed by atoms with Crippen LogP contribution >= 0.6 is 0 Å². The summed E-state index contributed by atoms with van der Waals surface area (Å²) in [6, 6.07) is 0. The lowest BCUT2D eigenvalue weighted by molar-refractivity contribution is 0.189. The van der Waals surface area contributed by atoms with Gasteiger partial charge in [-0.25, -0.2) is 16.8 Å². The van der Waals surface area contributed by atoms with Crippen molar-refractivity contribution in [3.05, 3.63) is 0 Å². The van der Waals surface area contributed by atoms with Gasteiger partial charge in [0.15, 0.2) is 14.9 Å². The number of aliphatic hydroxyl groups is 1. The monoisotopic (exact) mass is 243 g/mol. The molecule has 1 N–H and O–H groups in total. The number of nitrogens with zero attached hydrogens (tertiary/aromatic N) is 1. The van der Waals surface area contributed by atoms with Gasteiger partial charge in [-0.1, -0.05) is 0 Å². The Bertz CT molecular complexity index is 398. The molecule has 0 aromatic heterocycles. The lowest BCUT2D eigenvalue weighted by atomic mass is 10.3. The maximum atomic E-state index is 11.4. The van der Waals surface area contributed by atoms with Crippen molar-refractivity contribution < 1.29 is 21.9 Å². The van der Waals surface area contributed by atoms with E-state index in [-0.39, 0.29) is 13.1 Å². The molecule has 1 aliphatic heterocycles. The number of sulfonamides is 1. The summed E-state index contributed by atoms with van der Waals surface area (Å²) >= 11 is 0. The fraction of sp³-hybridized carbons (Fsp3) is 1.00. The Labute approximate surface area is 83.5 Å². The van der Waals surface area contributed by atoms with E-state index in [0.29, 0.717) is 6.42 Å². The number of hydrogen-bond acceptors (Lipinski definition) is 5. The average Bonchev–Trinajstić information content (AvgIpc) is 2.29. The fourth-order valence-corrected chi connectivity index (χ4v) is 4.85. The van der Waals surface area contributed by atoms with Crippen LogP contribution in [-0.4, -0.2) is 56.8 Å². The first-order chi connectivity index (χ1) is 6.21. The maximum Gasteiger partial charge on any atom is 0.228 e. The highest BCUT2D eigenvalue weighted by atomic mass is 32.3. The normalized spacial score (nSPS) is 25.4. The van der Waals surface area contributed by atoms with E-state index in [1.807, 2.05) is 0 Å². The van der Waals surface area contributed by atoms with Gasteiger partial charge >= 0.3 is 0 Å². The van der Waals surface area contributed by atoms with Crippen LogP contribution in [0.3, 0.4) is 0 Å². The minimum Gasteiger partial charge on any atom is -0.392 e. The second-order valence-corrected chi connectivity index (χ2v) is 7.93. The summed E-state index contributed by atoms with van der Waals surface area (Å²) in [7, 11) is -7.31. The molecule has 0 radical (unpaired) electrons. The van der Waals surface area contributed by atoms with Gasteiger partial charge in [0, 0.05) is 19.3 Å². The molecule has 84 valence electrons. The molecule has 0 saturated carbocycles. The molecule has 8 heteroatoms. The molecule has 1 aliphatic rings. The molecule has 1 heterocycles. The topological polar surface area (TPSA) is 91.8 Å². The minimum atomic E-state index is -3.77. The Balaban J connectivity index is 2.77. The summed E-state index contributed by atoms with van der Waals surface area (Å²) in [6.45, 7) is 0.191. The highest BCUT2D eigenvalue weighted by Crippen LogP contribution is 2.14. The van der Waals surface area contributed by atoms with Gasteiger partial charge in [-0.15, -0.1) is 0 Å². The highest BCUT2D eigenvalue weighted by Gasteiger charge is 2.32. The van der Waals surface area contributed by atoms with Crippen LogP contribution in [0.15, 0.2) is 0 Å². The lowest BCUT2D eigenvalue weighted by Crippen LogP contribution is -2.34. The quantitative estimate of drug-likeness (QED) is 0.643. The van der Waals surface area contributed by atoms with Crippen LogP contribution in [0.2, 0.25) is 0 Å². The number of rotatable bonds is 3. The van der Waals surface area contributed by atoms with E-state index in [0.717, 1.165) is 10.6 Å². The molecular formula is C6H13NO5S2. The van der Waals surface area contributed by atoms with Gasteiger partial charge in [-0.2, -0.15) is 4.31 Å². The van der Waals surface area contributed by atoms with Gasteiger partial charge in [0.1, 0.15) is 0 Å². The first-order valence-corrected chi connectivity index (χ1v) is 7.71. The number of sulfone groups is 1. The van der Waals surface area contributed by atoms with E-state index in [2.05, 4.69) is 0 Å². The smallest absolute Gasteiger partial charge is 0.228 e. The summed E-state index contributed by atoms with van der Waals surface area (Å²) in [6.07, 6.45) is 0.560. The van der Waals surface area contributed by atoms with Crippen molar-refractivity contribution in [1.82, 2.24) is 4.31 Å². The van der Waals surface area contributed by atoms with Gasteiger partial charge in [0.25, 0.3) is 0 Å². The molecule has 1 saturated heterocycles. The Morgan fingerprint density at radius 3 is 2.29 bits per heavy atom. The predicted molar refractivity (Wildman–Crippen MR) is 50.8 cm³/mol. The minimum absolute atomic E-state index is 0.00213. The van der Waals surface area contributed by atoms with Crippen molar-refractivity contribution in [2.45, 2.75) is 12.5 Å². The van der Waals surface area contributed by atoms with Crippen LogP contribution in [0.4, 0.5) is 0 Å². The van der Waals surface area contributed by atoms with Gasteiger partial charge in [-0.05, 0) is 6.42 Å². The van der Waals surface area contributed by atoms with Crippen LogP contribution < -0.4 is 0 Å². The van der Waals surface area contributed by atoms with E-state index < -0.39 is 31.0 Å². The standard InChI is InChI=1S/C6H13NO5S2/c1-13(9,10)5-14(11,12)7-3-2-6(8)4-7/h6,8H,2-5H2,1H3. The van der Waals surface area contributed by atoms with Crippen LogP contribution in [-0.2, 0) is 19.9 Å². The zero-order valence-corrected chi connectivity index (χ0v) is 9.38. The van der Waals surface area contributed by atoms with Crippen LogP contribution in [0, 0.1) is 0 Å². The van der Waals surface area contributed by atoms with Crippen molar-refractivity contribution in [2.24, 2.45) is 0 Å². The van der Waals surface area contributed by atoms with E-state index in [1.54, 1.807) is 0 Å². The second kappa shape index (κ2) is 3.76. The van der Waals surface area contributed by atoms with E-state index >= 15 is 0 Å². The molecule has 14 heavy (non-hydrogen) atoms. The molecule has 6 nitrogen and oxygen atoms in total. The lowest BCUT2D eigenvalue weighted by Gasteiger charge is -2.14. The van der Waals surface area contributed by atoms with Crippen molar-refractivity contribution in [1.29, 1.82) is 0 Å². The van der Waals surface area contributed by atoms with Crippen LogP contribution in [0.1, 0.15) is 6.42 Å². The van der Waals surface area contributed by atoms with E-state index in [9.17, 15) is 16.8 Å². The Morgan fingerprint density at radius 2 is 1.93 bits per heavy atom. The van der Waals surface area contributed by atoms with Gasteiger partial charge in [-0.3, -0.25) is 0 Å². The van der Waals surface area contributed by atoms with E-state index in [1.165, 1.54) is 0 Å². The van der Waals surface area contributed by atoms with E-state index in [4.69, 9.17) is 5.11 Å². The van der Waals surface area contributed by atoms with Gasteiger partial charge < -0.3 is 5.11 Å². The summed E-state index contributed by atoms with van der Waals surface area (Å²) in [4.78, 5) is 0. The van der Waals surface area contributed by atoms with Crippen LogP contribution in [0.5, 0.6) is 0 Å².